The van der Waals surface area contributed by atoms with Crippen LogP contribution in [0.15, 0.2) is 0 Å². The van der Waals surface area contributed by atoms with Crippen LogP contribution in [0.4, 0.5) is 0 Å². The van der Waals surface area contributed by atoms with E-state index < -0.39 is 0 Å². The number of nitrogens with two attached hydrogens (primary N) is 1. The summed E-state index contributed by atoms with van der Waals surface area (Å²) in [5, 5.41) is 1.16. The first-order chi connectivity index (χ1) is 6.99. The molecule has 0 aliphatic rings. The molecule has 4 heteroatoms. The van der Waals surface area contributed by atoms with Gasteiger partial charge in [-0.15, -0.1) is 11.3 Å². The van der Waals surface area contributed by atoms with Crippen LogP contribution in [0.25, 0.3) is 0 Å². The summed E-state index contributed by atoms with van der Waals surface area (Å²) in [6.45, 7) is 6.73. The van der Waals surface area contributed by atoms with E-state index in [4.69, 9.17) is 10.5 Å². The second-order valence-electron chi connectivity index (χ2n) is 4.29. The predicted molar refractivity (Wildman–Crippen MR) is 64.0 cm³/mol. The Bertz CT molecular complexity index is 315. The van der Waals surface area contributed by atoms with Crippen LogP contribution in [0.1, 0.15) is 42.8 Å². The van der Waals surface area contributed by atoms with Crippen LogP contribution in [-0.2, 0) is 23.3 Å². The number of ether oxygens (including phenoxy) is 1. The zero-order valence-electron chi connectivity index (χ0n) is 9.96. The van der Waals surface area contributed by atoms with E-state index in [1.807, 2.05) is 13.8 Å². The molecule has 2 N–H and O–H groups in total. The quantitative estimate of drug-likeness (QED) is 0.842. The number of methoxy groups -OCH3 is 1. The lowest BCUT2D eigenvalue weighted by Crippen LogP contribution is -2.28. The van der Waals surface area contributed by atoms with Gasteiger partial charge in [-0.25, -0.2) is 4.98 Å². The minimum absolute atomic E-state index is 0.322. The highest BCUT2D eigenvalue weighted by atomic mass is 32.1. The highest BCUT2D eigenvalue weighted by Gasteiger charge is 2.22. The highest BCUT2D eigenvalue weighted by Crippen LogP contribution is 2.29. The summed E-state index contributed by atoms with van der Waals surface area (Å²) >= 11 is 1.71. The van der Waals surface area contributed by atoms with Crippen molar-refractivity contribution in [2.24, 2.45) is 5.73 Å². The minimum Gasteiger partial charge on any atom is -0.378 e. The molecule has 0 saturated heterocycles. The Morgan fingerprint density at radius 2 is 2.13 bits per heavy atom. The first kappa shape index (κ1) is 12.6. The van der Waals surface area contributed by atoms with Gasteiger partial charge in [0.05, 0.1) is 17.3 Å². The maximum atomic E-state index is 6.11. The molecule has 0 aromatic carbocycles. The Morgan fingerprint density at radius 1 is 1.47 bits per heavy atom. The molecule has 0 radical (unpaired) electrons. The first-order valence-electron chi connectivity index (χ1n) is 5.26. The van der Waals surface area contributed by atoms with E-state index in [0.717, 1.165) is 28.4 Å². The third-order valence-corrected chi connectivity index (χ3v) is 3.57. The third kappa shape index (κ3) is 3.26. The number of hydrogen-bond acceptors (Lipinski definition) is 4. The molecule has 1 aromatic heterocycles. The summed E-state index contributed by atoms with van der Waals surface area (Å²) in [6.07, 6.45) is 2.14. The molecule has 0 atom stereocenters. The first-order valence-corrected chi connectivity index (χ1v) is 6.07. The van der Waals surface area contributed by atoms with Gasteiger partial charge in [0, 0.05) is 17.5 Å². The van der Waals surface area contributed by atoms with Crippen LogP contribution in [0, 0.1) is 0 Å². The molecule has 0 aliphatic carbocycles. The van der Waals surface area contributed by atoms with Gasteiger partial charge in [-0.2, -0.15) is 0 Å². The van der Waals surface area contributed by atoms with E-state index in [0.29, 0.717) is 6.61 Å². The average molecular weight is 228 g/mol. The average Bonchev–Trinajstić information content (AvgIpc) is 2.49. The van der Waals surface area contributed by atoms with Crippen LogP contribution >= 0.6 is 11.3 Å². The Morgan fingerprint density at radius 3 is 2.60 bits per heavy atom. The lowest BCUT2D eigenvalue weighted by atomic mass is 10.0. The zero-order chi connectivity index (χ0) is 11.5. The predicted octanol–water partition coefficient (Wildman–Crippen LogP) is 2.44. The van der Waals surface area contributed by atoms with Crippen molar-refractivity contribution in [1.82, 2.24) is 4.98 Å². The monoisotopic (exact) mass is 228 g/mol. The van der Waals surface area contributed by atoms with E-state index in [9.17, 15) is 0 Å². The summed E-state index contributed by atoms with van der Waals surface area (Å²) in [7, 11) is 1.69. The van der Waals surface area contributed by atoms with Gasteiger partial charge in [-0.05, 0) is 26.7 Å². The van der Waals surface area contributed by atoms with Crippen molar-refractivity contribution in [3.63, 3.8) is 0 Å². The Hall–Kier alpha value is -0.450. The van der Waals surface area contributed by atoms with Gasteiger partial charge in [0.1, 0.15) is 0 Å². The van der Waals surface area contributed by atoms with Crippen molar-refractivity contribution in [1.29, 1.82) is 0 Å². The van der Waals surface area contributed by atoms with Crippen molar-refractivity contribution in [3.05, 3.63) is 15.6 Å². The van der Waals surface area contributed by atoms with Crippen molar-refractivity contribution in [3.8, 4) is 0 Å². The van der Waals surface area contributed by atoms with Gasteiger partial charge in [0.25, 0.3) is 0 Å². The molecule has 0 bridgehead atoms. The molecule has 0 fully saturated rings. The molecular weight excluding hydrogens is 208 g/mol. The van der Waals surface area contributed by atoms with Crippen molar-refractivity contribution in [2.45, 2.75) is 45.8 Å². The number of rotatable bonds is 5. The summed E-state index contributed by atoms with van der Waals surface area (Å²) in [4.78, 5) is 5.72. The molecule has 1 rings (SSSR count). The minimum atomic E-state index is -0.322. The van der Waals surface area contributed by atoms with Crippen molar-refractivity contribution < 1.29 is 4.74 Å². The topological polar surface area (TPSA) is 48.1 Å². The fourth-order valence-corrected chi connectivity index (χ4v) is 2.64. The fraction of sp³-hybridized carbons (Fsp3) is 0.727. The summed E-state index contributed by atoms with van der Waals surface area (Å²) < 4.78 is 5.14. The maximum absolute atomic E-state index is 6.11. The van der Waals surface area contributed by atoms with Gasteiger partial charge >= 0.3 is 0 Å². The van der Waals surface area contributed by atoms with Gasteiger partial charge in [-0.1, -0.05) is 6.92 Å². The summed E-state index contributed by atoms with van der Waals surface area (Å²) in [5.41, 5.74) is 6.79. The maximum Gasteiger partial charge on any atom is 0.0932 e. The van der Waals surface area contributed by atoms with E-state index >= 15 is 0 Å². The number of hydrogen-bond donors (Lipinski definition) is 1. The fourth-order valence-electron chi connectivity index (χ4n) is 1.46. The molecule has 1 aromatic rings. The summed E-state index contributed by atoms with van der Waals surface area (Å²) in [5.74, 6) is 0. The molecule has 0 saturated carbocycles. The smallest absolute Gasteiger partial charge is 0.0932 e. The Labute approximate surface area is 95.7 Å². The Balaban J connectivity index is 3.00. The molecule has 15 heavy (non-hydrogen) atoms. The molecule has 3 nitrogen and oxygen atoms in total. The van der Waals surface area contributed by atoms with Crippen LogP contribution in [0.3, 0.4) is 0 Å². The molecule has 0 aliphatic heterocycles. The lowest BCUT2D eigenvalue weighted by molar-refractivity contribution is 0.180. The molecule has 86 valence electrons. The zero-order valence-corrected chi connectivity index (χ0v) is 10.8. The second-order valence-corrected chi connectivity index (χ2v) is 5.37. The van der Waals surface area contributed by atoms with E-state index in [2.05, 4.69) is 11.9 Å². The molecule has 0 amide bonds. The molecule has 1 heterocycles. The largest absolute Gasteiger partial charge is 0.378 e. The normalized spacial score (nSPS) is 12.1. The standard InChI is InChI=1S/C11H20N2OS/c1-5-6-9-13-8(7-14-4)10(15-9)11(2,3)12/h5-7,12H2,1-4H3. The highest BCUT2D eigenvalue weighted by molar-refractivity contribution is 7.11. The molecular formula is C11H20N2OS. The Kier molecular flexibility index (Phi) is 4.25. The summed E-state index contributed by atoms with van der Waals surface area (Å²) in [6, 6.07) is 0. The SMILES string of the molecule is CCCc1nc(COC)c(C(C)(C)N)s1. The van der Waals surface area contributed by atoms with Gasteiger partial charge in [0.2, 0.25) is 0 Å². The van der Waals surface area contributed by atoms with Gasteiger partial charge in [-0.3, -0.25) is 0 Å². The van der Waals surface area contributed by atoms with E-state index in [1.165, 1.54) is 0 Å². The van der Waals surface area contributed by atoms with Gasteiger partial charge < -0.3 is 10.5 Å². The van der Waals surface area contributed by atoms with Crippen molar-refractivity contribution >= 4 is 11.3 Å². The van der Waals surface area contributed by atoms with E-state index in [-0.39, 0.29) is 5.54 Å². The third-order valence-electron chi connectivity index (χ3n) is 2.07. The number of nitrogens with zero attached hydrogens (tertiary/aromatic N) is 1. The van der Waals surface area contributed by atoms with Crippen LogP contribution in [0.5, 0.6) is 0 Å². The molecule has 0 spiro atoms. The van der Waals surface area contributed by atoms with E-state index in [1.54, 1.807) is 18.4 Å². The molecule has 0 unspecified atom stereocenters. The van der Waals surface area contributed by atoms with Crippen LogP contribution in [-0.4, -0.2) is 12.1 Å². The van der Waals surface area contributed by atoms with Crippen LogP contribution < -0.4 is 5.73 Å². The van der Waals surface area contributed by atoms with Crippen molar-refractivity contribution in [2.75, 3.05) is 7.11 Å². The number of aromatic nitrogens is 1. The second kappa shape index (κ2) is 5.05. The number of aryl methyl sites for hydroxylation is 1. The van der Waals surface area contributed by atoms with Gasteiger partial charge in [0.15, 0.2) is 0 Å². The lowest BCUT2D eigenvalue weighted by Gasteiger charge is -2.17. The number of thiazole rings is 1. The van der Waals surface area contributed by atoms with Crippen LogP contribution in [0.2, 0.25) is 0 Å².